The second kappa shape index (κ2) is 5.94. The molecule has 0 amide bonds. The van der Waals surface area contributed by atoms with Gasteiger partial charge in [0.2, 0.25) is 0 Å². The minimum absolute atomic E-state index is 0.393. The predicted molar refractivity (Wildman–Crippen MR) is 81.5 cm³/mol. The maximum Gasteiger partial charge on any atom is 0.104 e. The van der Waals surface area contributed by atoms with Crippen LogP contribution >= 0.6 is 35.6 Å². The first-order valence-electron chi connectivity index (χ1n) is 5.60. The van der Waals surface area contributed by atoms with E-state index in [1.807, 2.05) is 30.0 Å². The van der Waals surface area contributed by atoms with Crippen molar-refractivity contribution >= 4 is 46.3 Å². The molecular weight excluding hydrogens is 272 g/mol. The quantitative estimate of drug-likeness (QED) is 0.847. The van der Waals surface area contributed by atoms with E-state index in [2.05, 4.69) is 4.90 Å². The van der Waals surface area contributed by atoms with Gasteiger partial charge in [0.05, 0.1) is 10.7 Å². The fraction of sp³-hybridized carbons (Fsp3) is 0.417. The molecule has 1 saturated heterocycles. The normalized spacial score (nSPS) is 16.6. The molecule has 0 saturated carbocycles. The van der Waals surface area contributed by atoms with Crippen molar-refractivity contribution in [2.75, 3.05) is 29.5 Å². The van der Waals surface area contributed by atoms with Crippen molar-refractivity contribution in [2.24, 2.45) is 5.73 Å². The first kappa shape index (κ1) is 13.0. The number of thioether (sulfide) groups is 1. The molecule has 0 aromatic heterocycles. The summed E-state index contributed by atoms with van der Waals surface area (Å²) < 4.78 is 0. The van der Waals surface area contributed by atoms with Crippen molar-refractivity contribution in [3.05, 3.63) is 28.8 Å². The molecule has 1 aliphatic heterocycles. The Kier molecular flexibility index (Phi) is 4.54. The van der Waals surface area contributed by atoms with E-state index in [1.165, 1.54) is 12.2 Å². The summed E-state index contributed by atoms with van der Waals surface area (Å²) in [5, 5.41) is 0.738. The molecule has 92 valence electrons. The van der Waals surface area contributed by atoms with Crippen molar-refractivity contribution in [3.8, 4) is 0 Å². The van der Waals surface area contributed by atoms with Crippen molar-refractivity contribution < 1.29 is 0 Å². The number of benzene rings is 1. The summed E-state index contributed by atoms with van der Waals surface area (Å²) in [7, 11) is 0. The maximum atomic E-state index is 6.30. The van der Waals surface area contributed by atoms with Gasteiger partial charge >= 0.3 is 0 Å². The molecule has 17 heavy (non-hydrogen) atoms. The van der Waals surface area contributed by atoms with Crippen LogP contribution in [0.3, 0.4) is 0 Å². The average Bonchev–Trinajstić information content (AvgIpc) is 2.57. The highest BCUT2D eigenvalue weighted by atomic mass is 35.5. The summed E-state index contributed by atoms with van der Waals surface area (Å²) in [6.45, 7) is 2.12. The largest absolute Gasteiger partial charge is 0.389 e. The number of thiocarbonyl (C=S) groups is 1. The Morgan fingerprint density at radius 2 is 2.18 bits per heavy atom. The van der Waals surface area contributed by atoms with Crippen molar-refractivity contribution in [1.82, 2.24) is 0 Å². The van der Waals surface area contributed by atoms with Crippen LogP contribution in [0.25, 0.3) is 0 Å². The van der Waals surface area contributed by atoms with Crippen molar-refractivity contribution in [3.63, 3.8) is 0 Å². The molecule has 2 rings (SSSR count). The van der Waals surface area contributed by atoms with Gasteiger partial charge in [-0.1, -0.05) is 23.8 Å². The van der Waals surface area contributed by atoms with Gasteiger partial charge in [0, 0.05) is 24.4 Å². The standard InChI is InChI=1S/C12H15ClN2S2/c13-10-8-9(12(14)16)2-3-11(10)15-4-1-6-17-7-5-15/h2-3,8H,1,4-7H2,(H2,14,16). The number of hydrogen-bond donors (Lipinski definition) is 1. The minimum atomic E-state index is 0.393. The van der Waals surface area contributed by atoms with Crippen LogP contribution in [0.15, 0.2) is 18.2 Å². The molecule has 0 bridgehead atoms. The monoisotopic (exact) mass is 286 g/mol. The summed E-state index contributed by atoms with van der Waals surface area (Å²) in [6, 6.07) is 5.83. The van der Waals surface area contributed by atoms with Gasteiger partial charge < -0.3 is 10.6 Å². The Balaban J connectivity index is 2.22. The summed E-state index contributed by atoms with van der Waals surface area (Å²) in [5.41, 5.74) is 7.52. The molecule has 1 aromatic carbocycles. The third-order valence-corrected chi connectivity index (χ3v) is 4.38. The Morgan fingerprint density at radius 1 is 1.35 bits per heavy atom. The predicted octanol–water partition coefficient (Wildman–Crippen LogP) is 2.92. The fourth-order valence-electron chi connectivity index (χ4n) is 1.90. The summed E-state index contributed by atoms with van der Waals surface area (Å²) >= 11 is 13.2. The van der Waals surface area contributed by atoms with Crippen LogP contribution < -0.4 is 10.6 Å². The Labute approximate surface area is 117 Å². The van der Waals surface area contributed by atoms with Gasteiger partial charge in [-0.15, -0.1) is 0 Å². The molecule has 2 nitrogen and oxygen atoms in total. The first-order chi connectivity index (χ1) is 8.18. The zero-order valence-electron chi connectivity index (χ0n) is 9.49. The summed E-state index contributed by atoms with van der Waals surface area (Å²) in [6.07, 6.45) is 1.21. The summed E-state index contributed by atoms with van der Waals surface area (Å²) in [4.78, 5) is 2.73. The topological polar surface area (TPSA) is 29.3 Å². The number of nitrogens with two attached hydrogens (primary N) is 1. The van der Waals surface area contributed by atoms with Gasteiger partial charge in [-0.3, -0.25) is 0 Å². The SMILES string of the molecule is NC(=S)c1ccc(N2CCCSCC2)c(Cl)c1. The molecule has 5 heteroatoms. The Hall–Kier alpha value is -0.450. The number of halogens is 1. The second-order valence-electron chi connectivity index (χ2n) is 3.98. The molecule has 0 radical (unpaired) electrons. The van der Waals surface area contributed by atoms with Crippen LogP contribution in [0.1, 0.15) is 12.0 Å². The van der Waals surface area contributed by atoms with Gasteiger partial charge in [0.1, 0.15) is 4.99 Å². The zero-order chi connectivity index (χ0) is 12.3. The second-order valence-corrected chi connectivity index (χ2v) is 6.06. The van der Waals surface area contributed by atoms with E-state index in [-0.39, 0.29) is 0 Å². The highest BCUT2D eigenvalue weighted by molar-refractivity contribution is 7.99. The van der Waals surface area contributed by atoms with Gasteiger partial charge in [-0.2, -0.15) is 11.8 Å². The lowest BCUT2D eigenvalue weighted by molar-refractivity contribution is 0.816. The number of hydrogen-bond acceptors (Lipinski definition) is 3. The van der Waals surface area contributed by atoms with Crippen LogP contribution in [0, 0.1) is 0 Å². The number of anilines is 1. The van der Waals surface area contributed by atoms with E-state index < -0.39 is 0 Å². The molecule has 1 aromatic rings. The van der Waals surface area contributed by atoms with E-state index in [4.69, 9.17) is 29.6 Å². The van der Waals surface area contributed by atoms with Crippen molar-refractivity contribution in [2.45, 2.75) is 6.42 Å². The zero-order valence-corrected chi connectivity index (χ0v) is 11.9. The van der Waals surface area contributed by atoms with Gasteiger partial charge in [0.15, 0.2) is 0 Å². The molecule has 0 spiro atoms. The molecular formula is C12H15ClN2S2. The van der Waals surface area contributed by atoms with E-state index in [9.17, 15) is 0 Å². The van der Waals surface area contributed by atoms with E-state index >= 15 is 0 Å². The van der Waals surface area contributed by atoms with Gasteiger partial charge in [0.25, 0.3) is 0 Å². The van der Waals surface area contributed by atoms with Crippen LogP contribution in [-0.2, 0) is 0 Å². The highest BCUT2D eigenvalue weighted by Crippen LogP contribution is 2.28. The van der Waals surface area contributed by atoms with E-state index in [0.29, 0.717) is 4.99 Å². The lowest BCUT2D eigenvalue weighted by Gasteiger charge is -2.23. The molecule has 0 unspecified atom stereocenters. The average molecular weight is 287 g/mol. The molecule has 1 aliphatic rings. The van der Waals surface area contributed by atoms with E-state index in [0.717, 1.165) is 35.1 Å². The van der Waals surface area contributed by atoms with Gasteiger partial charge in [-0.25, -0.2) is 0 Å². The van der Waals surface area contributed by atoms with Crippen LogP contribution in [-0.4, -0.2) is 29.6 Å². The third-order valence-electron chi connectivity index (χ3n) is 2.80. The van der Waals surface area contributed by atoms with Crippen LogP contribution in [0.5, 0.6) is 0 Å². The molecule has 1 fully saturated rings. The summed E-state index contributed by atoms with van der Waals surface area (Å²) in [5.74, 6) is 2.40. The first-order valence-corrected chi connectivity index (χ1v) is 7.54. The lowest BCUT2D eigenvalue weighted by atomic mass is 10.2. The molecule has 0 aliphatic carbocycles. The smallest absolute Gasteiger partial charge is 0.104 e. The van der Waals surface area contributed by atoms with E-state index in [1.54, 1.807) is 0 Å². The van der Waals surface area contributed by atoms with Crippen LogP contribution in [0.2, 0.25) is 5.02 Å². The lowest BCUT2D eigenvalue weighted by Crippen LogP contribution is -2.25. The molecule has 2 N–H and O–H groups in total. The fourth-order valence-corrected chi connectivity index (χ4v) is 3.22. The Bertz CT molecular complexity index is 415. The van der Waals surface area contributed by atoms with Gasteiger partial charge in [-0.05, 0) is 30.4 Å². The third kappa shape index (κ3) is 3.27. The highest BCUT2D eigenvalue weighted by Gasteiger charge is 2.13. The number of nitrogens with zero attached hydrogens (tertiary/aromatic N) is 1. The number of rotatable bonds is 2. The van der Waals surface area contributed by atoms with Crippen LogP contribution in [0.4, 0.5) is 5.69 Å². The maximum absolute atomic E-state index is 6.30. The van der Waals surface area contributed by atoms with Crippen molar-refractivity contribution in [1.29, 1.82) is 0 Å². The molecule has 1 heterocycles. The molecule has 0 atom stereocenters. The minimum Gasteiger partial charge on any atom is -0.389 e. The Morgan fingerprint density at radius 3 is 2.88 bits per heavy atom.